The topological polar surface area (TPSA) is 57.7 Å². The summed E-state index contributed by atoms with van der Waals surface area (Å²) in [5.74, 6) is -0.435. The van der Waals surface area contributed by atoms with Crippen molar-refractivity contribution in [3.05, 3.63) is 29.8 Å². The number of carbonyl (C=O) groups is 1. The summed E-state index contributed by atoms with van der Waals surface area (Å²) in [6.45, 7) is -0.521. The van der Waals surface area contributed by atoms with E-state index >= 15 is 0 Å². The molecule has 1 aliphatic rings. The predicted octanol–water partition coefficient (Wildman–Crippen LogP) is 2.87. The van der Waals surface area contributed by atoms with Crippen LogP contribution in [-0.4, -0.2) is 45.1 Å². The molecule has 0 radical (unpaired) electrons. The van der Waals surface area contributed by atoms with Crippen LogP contribution < -0.4 is 4.31 Å². The second-order valence-electron chi connectivity index (χ2n) is 6.26. The third-order valence-electron chi connectivity index (χ3n) is 4.41. The molecule has 0 aliphatic heterocycles. The molecular weight excluding hydrogens is 357 g/mol. The SMILES string of the molecule is CN(C(=O)CN(c1cccc(C(F)(F)F)c1)S(C)(=O)=O)C1CCCC1. The largest absolute Gasteiger partial charge is 0.416 e. The van der Waals surface area contributed by atoms with Gasteiger partial charge in [0.25, 0.3) is 0 Å². The molecule has 25 heavy (non-hydrogen) atoms. The zero-order valence-electron chi connectivity index (χ0n) is 14.1. The smallest absolute Gasteiger partial charge is 0.341 e. The number of amides is 1. The maximum atomic E-state index is 12.9. The Labute approximate surface area is 145 Å². The number of hydrogen-bond donors (Lipinski definition) is 0. The molecule has 5 nitrogen and oxygen atoms in total. The van der Waals surface area contributed by atoms with Gasteiger partial charge in [-0.15, -0.1) is 0 Å². The molecule has 1 fully saturated rings. The van der Waals surface area contributed by atoms with Gasteiger partial charge in [-0.05, 0) is 31.0 Å². The summed E-state index contributed by atoms with van der Waals surface area (Å²) in [5, 5.41) is 0. The van der Waals surface area contributed by atoms with Gasteiger partial charge in [0.05, 0.1) is 17.5 Å². The van der Waals surface area contributed by atoms with Gasteiger partial charge < -0.3 is 4.90 Å². The summed E-state index contributed by atoms with van der Waals surface area (Å²) in [4.78, 5) is 13.9. The third-order valence-corrected chi connectivity index (χ3v) is 5.55. The standard InChI is InChI=1S/C16H21F3N2O3S/c1-20(13-7-3-4-8-13)15(22)11-21(25(2,23)24)14-9-5-6-12(10-14)16(17,18)19/h5-6,9-10,13H,3-4,7-8,11H2,1-2H3. The van der Waals surface area contributed by atoms with Crippen molar-refractivity contribution < 1.29 is 26.4 Å². The Balaban J connectivity index is 2.27. The highest BCUT2D eigenvalue weighted by Crippen LogP contribution is 2.32. The Morgan fingerprint density at radius 1 is 1.24 bits per heavy atom. The van der Waals surface area contributed by atoms with E-state index in [0.29, 0.717) is 0 Å². The molecule has 1 saturated carbocycles. The highest BCUT2D eigenvalue weighted by molar-refractivity contribution is 7.92. The number of halogens is 3. The lowest BCUT2D eigenvalue weighted by Gasteiger charge is -2.28. The zero-order chi connectivity index (χ0) is 18.8. The van der Waals surface area contributed by atoms with Gasteiger partial charge in [0.1, 0.15) is 6.54 Å². The first kappa shape index (κ1) is 19.6. The average Bonchev–Trinajstić information content (AvgIpc) is 3.04. The van der Waals surface area contributed by atoms with E-state index in [2.05, 4.69) is 0 Å². The van der Waals surface area contributed by atoms with E-state index in [-0.39, 0.29) is 11.7 Å². The molecule has 0 heterocycles. The minimum Gasteiger partial charge on any atom is -0.341 e. The second-order valence-corrected chi connectivity index (χ2v) is 8.17. The fourth-order valence-corrected chi connectivity index (χ4v) is 3.81. The first-order valence-corrected chi connectivity index (χ1v) is 9.75. The number of rotatable bonds is 5. The average molecular weight is 378 g/mol. The Morgan fingerprint density at radius 2 is 1.84 bits per heavy atom. The zero-order valence-corrected chi connectivity index (χ0v) is 14.9. The van der Waals surface area contributed by atoms with Crippen molar-refractivity contribution in [2.75, 3.05) is 24.2 Å². The molecule has 0 unspecified atom stereocenters. The molecule has 0 atom stereocenters. The van der Waals surface area contributed by atoms with E-state index in [1.165, 1.54) is 11.0 Å². The molecular formula is C16H21F3N2O3S. The van der Waals surface area contributed by atoms with Crippen molar-refractivity contribution in [3.63, 3.8) is 0 Å². The van der Waals surface area contributed by atoms with Crippen LogP contribution in [0, 0.1) is 0 Å². The lowest BCUT2D eigenvalue weighted by atomic mass is 10.2. The van der Waals surface area contributed by atoms with Gasteiger partial charge in [0, 0.05) is 13.1 Å². The highest BCUT2D eigenvalue weighted by Gasteiger charge is 2.32. The number of carbonyl (C=O) groups excluding carboxylic acids is 1. The molecule has 0 aromatic heterocycles. The van der Waals surface area contributed by atoms with Crippen LogP contribution in [0.3, 0.4) is 0 Å². The molecule has 0 bridgehead atoms. The maximum Gasteiger partial charge on any atom is 0.416 e. The molecule has 0 spiro atoms. The van der Waals surface area contributed by atoms with Crippen molar-refractivity contribution in [1.29, 1.82) is 0 Å². The lowest BCUT2D eigenvalue weighted by Crippen LogP contribution is -2.44. The van der Waals surface area contributed by atoms with Crippen LogP contribution in [0.1, 0.15) is 31.2 Å². The summed E-state index contributed by atoms with van der Waals surface area (Å²) >= 11 is 0. The number of sulfonamides is 1. The number of benzene rings is 1. The first-order valence-electron chi connectivity index (χ1n) is 7.91. The van der Waals surface area contributed by atoms with Crippen molar-refractivity contribution in [2.24, 2.45) is 0 Å². The molecule has 9 heteroatoms. The summed E-state index contributed by atoms with van der Waals surface area (Å²) in [7, 11) is -2.31. The summed E-state index contributed by atoms with van der Waals surface area (Å²) < 4.78 is 63.5. The molecule has 1 aromatic carbocycles. The molecule has 1 aromatic rings. The molecule has 1 aliphatic carbocycles. The van der Waals surface area contributed by atoms with E-state index in [9.17, 15) is 26.4 Å². The third kappa shape index (κ3) is 4.87. The van der Waals surface area contributed by atoms with E-state index in [0.717, 1.165) is 54.4 Å². The van der Waals surface area contributed by atoms with Crippen LogP contribution in [0.5, 0.6) is 0 Å². The van der Waals surface area contributed by atoms with Gasteiger partial charge in [0.15, 0.2) is 0 Å². The normalized spacial score (nSPS) is 16.0. The van der Waals surface area contributed by atoms with Crippen molar-refractivity contribution >= 4 is 21.6 Å². The summed E-state index contributed by atoms with van der Waals surface area (Å²) in [6, 6.07) is 4.02. The van der Waals surface area contributed by atoms with Crippen LogP contribution in [0.2, 0.25) is 0 Å². The monoisotopic (exact) mass is 378 g/mol. The van der Waals surface area contributed by atoms with Gasteiger partial charge in [-0.2, -0.15) is 13.2 Å². The number of anilines is 1. The van der Waals surface area contributed by atoms with Gasteiger partial charge in [-0.25, -0.2) is 8.42 Å². The Morgan fingerprint density at radius 3 is 2.36 bits per heavy atom. The summed E-state index contributed by atoms with van der Waals surface area (Å²) in [6.07, 6.45) is -0.00724. The highest BCUT2D eigenvalue weighted by atomic mass is 32.2. The van der Waals surface area contributed by atoms with E-state index in [1.54, 1.807) is 7.05 Å². The fraction of sp³-hybridized carbons (Fsp3) is 0.562. The van der Waals surface area contributed by atoms with Crippen LogP contribution in [-0.2, 0) is 21.0 Å². The van der Waals surface area contributed by atoms with Crippen molar-refractivity contribution in [2.45, 2.75) is 37.9 Å². The summed E-state index contributed by atoms with van der Waals surface area (Å²) in [5.41, 5.74) is -1.14. The minimum absolute atomic E-state index is 0.0513. The van der Waals surface area contributed by atoms with E-state index in [1.807, 2.05) is 0 Å². The van der Waals surface area contributed by atoms with E-state index < -0.39 is 34.2 Å². The molecule has 2 rings (SSSR count). The van der Waals surface area contributed by atoms with E-state index in [4.69, 9.17) is 0 Å². The fourth-order valence-electron chi connectivity index (χ4n) is 2.97. The van der Waals surface area contributed by atoms with Crippen LogP contribution in [0.15, 0.2) is 24.3 Å². The predicted molar refractivity (Wildman–Crippen MR) is 88.7 cm³/mol. The Bertz CT molecular complexity index is 728. The van der Waals surface area contributed by atoms with Gasteiger partial charge in [0.2, 0.25) is 15.9 Å². The number of alkyl halides is 3. The second kappa shape index (κ2) is 7.23. The van der Waals surface area contributed by atoms with Gasteiger partial charge in [-0.3, -0.25) is 9.10 Å². The van der Waals surface area contributed by atoms with Crippen LogP contribution in [0.4, 0.5) is 18.9 Å². The quantitative estimate of drug-likeness (QED) is 0.792. The van der Waals surface area contributed by atoms with Crippen molar-refractivity contribution in [3.8, 4) is 0 Å². The van der Waals surface area contributed by atoms with Crippen LogP contribution >= 0.6 is 0 Å². The number of hydrogen-bond acceptors (Lipinski definition) is 3. The lowest BCUT2D eigenvalue weighted by molar-refractivity contribution is -0.137. The maximum absolute atomic E-state index is 12.9. The Hall–Kier alpha value is -1.77. The molecule has 0 saturated heterocycles. The number of nitrogens with zero attached hydrogens (tertiary/aromatic N) is 2. The minimum atomic E-state index is -4.59. The number of likely N-dealkylation sites (N-methyl/N-ethyl adjacent to an activating group) is 1. The molecule has 140 valence electrons. The Kier molecular flexibility index (Phi) is 5.65. The first-order chi connectivity index (χ1) is 11.5. The van der Waals surface area contributed by atoms with Gasteiger partial charge >= 0.3 is 6.18 Å². The molecule has 1 amide bonds. The van der Waals surface area contributed by atoms with Crippen molar-refractivity contribution in [1.82, 2.24) is 4.90 Å². The van der Waals surface area contributed by atoms with Crippen LogP contribution in [0.25, 0.3) is 0 Å². The molecule has 0 N–H and O–H groups in total. The van der Waals surface area contributed by atoms with Gasteiger partial charge in [-0.1, -0.05) is 18.9 Å².